The molecule has 0 saturated carbocycles. The molecule has 1 rings (SSSR count). The fourth-order valence-corrected chi connectivity index (χ4v) is 1.57. The lowest BCUT2D eigenvalue weighted by atomic mass is 10.2. The van der Waals surface area contributed by atoms with Gasteiger partial charge in [-0.1, -0.05) is 26.0 Å². The highest BCUT2D eigenvalue weighted by Crippen LogP contribution is 2.16. The van der Waals surface area contributed by atoms with E-state index in [-0.39, 0.29) is 6.61 Å². The van der Waals surface area contributed by atoms with Crippen molar-refractivity contribution < 1.29 is 22.6 Å². The molecule has 0 heterocycles. The van der Waals surface area contributed by atoms with Crippen molar-refractivity contribution in [2.75, 3.05) is 19.8 Å². The summed E-state index contributed by atoms with van der Waals surface area (Å²) in [5, 5.41) is 3.29. The van der Waals surface area contributed by atoms with Crippen molar-refractivity contribution >= 4 is 0 Å². The molecule has 0 fully saturated rings. The number of rotatable bonds is 8. The van der Waals surface area contributed by atoms with Crippen LogP contribution in [0.15, 0.2) is 24.3 Å². The number of hydrogen-bond acceptors (Lipinski definition) is 3. The summed E-state index contributed by atoms with van der Waals surface area (Å²) in [6.07, 6.45) is -4.61. The van der Waals surface area contributed by atoms with E-state index in [9.17, 15) is 13.2 Å². The van der Waals surface area contributed by atoms with E-state index in [1.807, 2.05) is 12.1 Å². The van der Waals surface area contributed by atoms with E-state index in [1.54, 1.807) is 12.1 Å². The van der Waals surface area contributed by atoms with Gasteiger partial charge in [0.15, 0.2) is 0 Å². The SMILES string of the molecule is CC(C)CNCc1cccc(OCCOC(F)(F)F)c1. The standard InChI is InChI=1S/C14H20F3NO2/c1-11(2)9-18-10-12-4-3-5-13(8-12)19-6-7-20-14(15,16)17/h3-5,8,11,18H,6-7,9-10H2,1-2H3. The average Bonchev–Trinajstić information content (AvgIpc) is 2.34. The first kappa shape index (κ1) is 16.8. The first-order valence-electron chi connectivity index (χ1n) is 6.50. The summed E-state index contributed by atoms with van der Waals surface area (Å²) in [5.74, 6) is 1.11. The molecule has 1 N–H and O–H groups in total. The quantitative estimate of drug-likeness (QED) is 0.745. The van der Waals surface area contributed by atoms with Crippen molar-refractivity contribution in [1.82, 2.24) is 5.32 Å². The third kappa shape index (κ3) is 8.01. The zero-order valence-corrected chi connectivity index (χ0v) is 11.7. The van der Waals surface area contributed by atoms with Crippen molar-refractivity contribution in [3.63, 3.8) is 0 Å². The Morgan fingerprint density at radius 2 is 1.95 bits per heavy atom. The van der Waals surface area contributed by atoms with Crippen LogP contribution in [-0.2, 0) is 11.3 Å². The molecule has 0 aromatic heterocycles. The zero-order chi connectivity index (χ0) is 15.0. The van der Waals surface area contributed by atoms with Gasteiger partial charge in [-0.15, -0.1) is 13.2 Å². The van der Waals surface area contributed by atoms with E-state index in [0.717, 1.165) is 12.1 Å². The molecule has 0 saturated heterocycles. The second-order valence-electron chi connectivity index (χ2n) is 4.81. The van der Waals surface area contributed by atoms with Crippen molar-refractivity contribution in [2.45, 2.75) is 26.8 Å². The lowest BCUT2D eigenvalue weighted by Crippen LogP contribution is -2.19. The van der Waals surface area contributed by atoms with Crippen LogP contribution in [0.5, 0.6) is 5.75 Å². The molecule has 0 bridgehead atoms. The topological polar surface area (TPSA) is 30.5 Å². The third-order valence-electron chi connectivity index (χ3n) is 2.40. The molecule has 0 aliphatic heterocycles. The molecule has 0 unspecified atom stereocenters. The Morgan fingerprint density at radius 3 is 2.60 bits per heavy atom. The Hall–Kier alpha value is -1.27. The number of benzene rings is 1. The normalized spacial score (nSPS) is 11.9. The molecule has 0 spiro atoms. The molecule has 0 aliphatic carbocycles. The van der Waals surface area contributed by atoms with Crippen LogP contribution in [-0.4, -0.2) is 26.1 Å². The van der Waals surface area contributed by atoms with Crippen LogP contribution in [0.2, 0.25) is 0 Å². The predicted molar refractivity (Wildman–Crippen MR) is 70.5 cm³/mol. The number of alkyl halides is 3. The van der Waals surface area contributed by atoms with Gasteiger partial charge < -0.3 is 10.1 Å². The van der Waals surface area contributed by atoms with Crippen LogP contribution in [0.25, 0.3) is 0 Å². The summed E-state index contributed by atoms with van der Waals surface area (Å²) < 4.78 is 44.1. The maximum atomic E-state index is 11.8. The molecule has 0 aliphatic rings. The van der Waals surface area contributed by atoms with Gasteiger partial charge in [-0.25, -0.2) is 0 Å². The largest absolute Gasteiger partial charge is 0.522 e. The Labute approximate surface area is 117 Å². The molecule has 1 aromatic rings. The second kappa shape index (κ2) is 8.11. The molecule has 0 radical (unpaired) electrons. The molecule has 0 atom stereocenters. The van der Waals surface area contributed by atoms with Crippen LogP contribution >= 0.6 is 0 Å². The first-order chi connectivity index (χ1) is 9.37. The Balaban J connectivity index is 2.32. The third-order valence-corrected chi connectivity index (χ3v) is 2.40. The average molecular weight is 291 g/mol. The summed E-state index contributed by atoms with van der Waals surface area (Å²) in [6, 6.07) is 7.26. The fraction of sp³-hybridized carbons (Fsp3) is 0.571. The fourth-order valence-electron chi connectivity index (χ4n) is 1.57. The Morgan fingerprint density at radius 1 is 1.20 bits per heavy atom. The van der Waals surface area contributed by atoms with E-state index in [2.05, 4.69) is 23.9 Å². The van der Waals surface area contributed by atoms with Crippen LogP contribution < -0.4 is 10.1 Å². The molecule has 3 nitrogen and oxygen atoms in total. The highest BCUT2D eigenvalue weighted by atomic mass is 19.4. The van der Waals surface area contributed by atoms with Gasteiger partial charge in [-0.2, -0.15) is 0 Å². The van der Waals surface area contributed by atoms with Gasteiger partial charge in [0.2, 0.25) is 0 Å². The zero-order valence-electron chi connectivity index (χ0n) is 11.7. The second-order valence-corrected chi connectivity index (χ2v) is 4.81. The molecule has 0 amide bonds. The van der Waals surface area contributed by atoms with Crippen LogP contribution in [0, 0.1) is 5.92 Å². The molecular weight excluding hydrogens is 271 g/mol. The predicted octanol–water partition coefficient (Wildman–Crippen LogP) is 3.35. The van der Waals surface area contributed by atoms with Crippen LogP contribution in [0.1, 0.15) is 19.4 Å². The maximum absolute atomic E-state index is 11.8. The van der Waals surface area contributed by atoms with Gasteiger partial charge in [0.05, 0.1) is 6.61 Å². The van der Waals surface area contributed by atoms with Crippen LogP contribution in [0.4, 0.5) is 13.2 Å². The minimum absolute atomic E-state index is 0.137. The lowest BCUT2D eigenvalue weighted by Gasteiger charge is -2.11. The van der Waals surface area contributed by atoms with Gasteiger partial charge in [-0.05, 0) is 30.2 Å². The minimum Gasteiger partial charge on any atom is -0.491 e. The first-order valence-corrected chi connectivity index (χ1v) is 6.50. The van der Waals surface area contributed by atoms with Crippen molar-refractivity contribution in [2.24, 2.45) is 5.92 Å². The van der Waals surface area contributed by atoms with Gasteiger partial charge in [-0.3, -0.25) is 4.74 Å². The molecule has 20 heavy (non-hydrogen) atoms. The smallest absolute Gasteiger partial charge is 0.491 e. The van der Waals surface area contributed by atoms with Gasteiger partial charge >= 0.3 is 6.36 Å². The van der Waals surface area contributed by atoms with E-state index >= 15 is 0 Å². The minimum atomic E-state index is -4.61. The number of nitrogens with one attached hydrogen (secondary N) is 1. The highest BCUT2D eigenvalue weighted by molar-refractivity contribution is 5.28. The molecular formula is C14H20F3NO2. The van der Waals surface area contributed by atoms with E-state index < -0.39 is 13.0 Å². The van der Waals surface area contributed by atoms with Gasteiger partial charge in [0.1, 0.15) is 12.4 Å². The number of hydrogen-bond donors (Lipinski definition) is 1. The molecule has 114 valence electrons. The monoisotopic (exact) mass is 291 g/mol. The van der Waals surface area contributed by atoms with E-state index in [4.69, 9.17) is 4.74 Å². The summed E-state index contributed by atoms with van der Waals surface area (Å²) in [6.45, 7) is 5.20. The summed E-state index contributed by atoms with van der Waals surface area (Å²) in [4.78, 5) is 0. The summed E-state index contributed by atoms with van der Waals surface area (Å²) >= 11 is 0. The van der Waals surface area contributed by atoms with Crippen molar-refractivity contribution in [1.29, 1.82) is 0 Å². The number of halogens is 3. The molecule has 1 aromatic carbocycles. The Bertz CT molecular complexity index is 394. The Kier molecular flexibility index (Phi) is 6.81. The van der Waals surface area contributed by atoms with Crippen LogP contribution in [0.3, 0.4) is 0 Å². The summed E-state index contributed by atoms with van der Waals surface area (Å²) in [7, 11) is 0. The lowest BCUT2D eigenvalue weighted by molar-refractivity contribution is -0.325. The van der Waals surface area contributed by atoms with Crippen molar-refractivity contribution in [3.05, 3.63) is 29.8 Å². The van der Waals surface area contributed by atoms with E-state index in [1.165, 1.54) is 0 Å². The molecule has 6 heteroatoms. The highest BCUT2D eigenvalue weighted by Gasteiger charge is 2.28. The number of ether oxygens (including phenoxy) is 2. The summed E-state index contributed by atoms with van der Waals surface area (Å²) in [5.41, 5.74) is 1.03. The van der Waals surface area contributed by atoms with Gasteiger partial charge in [0.25, 0.3) is 0 Å². The van der Waals surface area contributed by atoms with Gasteiger partial charge in [0, 0.05) is 6.54 Å². The van der Waals surface area contributed by atoms with Crippen molar-refractivity contribution in [3.8, 4) is 5.75 Å². The maximum Gasteiger partial charge on any atom is 0.522 e. The van der Waals surface area contributed by atoms with E-state index in [0.29, 0.717) is 18.2 Å².